The van der Waals surface area contributed by atoms with E-state index in [9.17, 15) is 9.59 Å². The first-order chi connectivity index (χ1) is 16.5. The summed E-state index contributed by atoms with van der Waals surface area (Å²) in [5.74, 6) is 0.154. The van der Waals surface area contributed by atoms with Gasteiger partial charge in [-0.05, 0) is 49.4 Å². The van der Waals surface area contributed by atoms with Crippen LogP contribution in [0.3, 0.4) is 0 Å². The second-order valence-corrected chi connectivity index (χ2v) is 9.43. The third-order valence-electron chi connectivity index (χ3n) is 6.38. The zero-order valence-corrected chi connectivity index (χ0v) is 21.2. The Bertz CT molecular complexity index is 908. The molecule has 0 heterocycles. The van der Waals surface area contributed by atoms with Gasteiger partial charge in [0.1, 0.15) is 17.7 Å². The topological polar surface area (TPSA) is 58.6 Å². The number of alkyl halides is 1. The maximum absolute atomic E-state index is 13.6. The number of hydrogen-bond donors (Lipinski definition) is 1. The van der Waals surface area contributed by atoms with Gasteiger partial charge < -0.3 is 15.0 Å². The molecule has 1 fully saturated rings. The van der Waals surface area contributed by atoms with Gasteiger partial charge in [-0.15, -0.1) is 11.6 Å². The number of nitrogens with one attached hydrogen (secondary N) is 1. The van der Waals surface area contributed by atoms with Gasteiger partial charge in [0.25, 0.3) is 0 Å². The molecule has 0 saturated heterocycles. The molecule has 0 radical (unpaired) electrons. The van der Waals surface area contributed by atoms with Gasteiger partial charge in [-0.25, -0.2) is 0 Å². The summed E-state index contributed by atoms with van der Waals surface area (Å²) in [5, 5.41) is 3.22. The second kappa shape index (κ2) is 13.4. The van der Waals surface area contributed by atoms with E-state index in [0.717, 1.165) is 61.0 Å². The van der Waals surface area contributed by atoms with Crippen molar-refractivity contribution in [3.05, 3.63) is 65.2 Å². The molecule has 0 spiro atoms. The van der Waals surface area contributed by atoms with Crippen molar-refractivity contribution >= 4 is 23.4 Å². The molecule has 6 heteroatoms. The molecular weight excluding hydrogens is 448 g/mol. The molecule has 2 aromatic rings. The van der Waals surface area contributed by atoms with E-state index in [-0.39, 0.29) is 23.7 Å². The summed E-state index contributed by atoms with van der Waals surface area (Å²) in [5.41, 5.74) is 2.85. The number of carbonyl (C=O) groups is 2. The maximum atomic E-state index is 13.6. The van der Waals surface area contributed by atoms with Crippen LogP contribution in [0.25, 0.3) is 0 Å². The molecule has 0 aromatic heterocycles. The first kappa shape index (κ1) is 26.1. The minimum atomic E-state index is -0.765. The summed E-state index contributed by atoms with van der Waals surface area (Å²) < 4.78 is 5.80. The number of benzene rings is 2. The van der Waals surface area contributed by atoms with Crippen LogP contribution in [0.5, 0.6) is 5.75 Å². The largest absolute Gasteiger partial charge is 0.494 e. The molecule has 1 atom stereocenters. The standard InChI is InChI=1S/C28H37ClN2O3/c1-3-4-18-34-25-16-14-23(15-17-25)27(28(33)30-24-8-6-5-7-9-24)31(26(32)19-29)20-22-12-10-21(2)11-13-22/h10-17,24,27H,3-9,18-20H2,1-2H3,(H,30,33). The molecule has 0 bridgehead atoms. The molecule has 1 saturated carbocycles. The van der Waals surface area contributed by atoms with Crippen LogP contribution >= 0.6 is 11.6 Å². The Hall–Kier alpha value is -2.53. The Labute approximate surface area is 208 Å². The van der Waals surface area contributed by atoms with Crippen molar-refractivity contribution in [1.29, 1.82) is 0 Å². The molecule has 34 heavy (non-hydrogen) atoms. The van der Waals surface area contributed by atoms with Gasteiger partial charge in [-0.2, -0.15) is 0 Å². The van der Waals surface area contributed by atoms with E-state index in [1.165, 1.54) is 6.42 Å². The van der Waals surface area contributed by atoms with Crippen LogP contribution in [-0.4, -0.2) is 35.2 Å². The zero-order chi connectivity index (χ0) is 24.3. The van der Waals surface area contributed by atoms with Crippen LogP contribution < -0.4 is 10.1 Å². The Balaban J connectivity index is 1.89. The normalized spacial score (nSPS) is 14.9. The van der Waals surface area contributed by atoms with E-state index in [0.29, 0.717) is 13.2 Å². The summed E-state index contributed by atoms with van der Waals surface area (Å²) >= 11 is 6.02. The Morgan fingerprint density at radius 1 is 1.06 bits per heavy atom. The summed E-state index contributed by atoms with van der Waals surface area (Å²) in [7, 11) is 0. The minimum Gasteiger partial charge on any atom is -0.494 e. The van der Waals surface area contributed by atoms with Crippen molar-refractivity contribution in [2.45, 2.75) is 77.4 Å². The lowest BCUT2D eigenvalue weighted by atomic mass is 9.94. The third-order valence-corrected chi connectivity index (χ3v) is 6.61. The average Bonchev–Trinajstić information content (AvgIpc) is 2.86. The highest BCUT2D eigenvalue weighted by Gasteiger charge is 2.32. The van der Waals surface area contributed by atoms with Gasteiger partial charge in [-0.1, -0.05) is 74.6 Å². The number of hydrogen-bond acceptors (Lipinski definition) is 3. The Morgan fingerprint density at radius 3 is 2.35 bits per heavy atom. The fourth-order valence-corrected chi connectivity index (χ4v) is 4.52. The molecule has 1 unspecified atom stereocenters. The fraction of sp³-hybridized carbons (Fsp3) is 0.500. The molecule has 184 valence electrons. The number of nitrogens with zero attached hydrogens (tertiary/aromatic N) is 1. The van der Waals surface area contributed by atoms with Crippen LogP contribution in [0.4, 0.5) is 0 Å². The van der Waals surface area contributed by atoms with E-state index >= 15 is 0 Å². The monoisotopic (exact) mass is 484 g/mol. The number of unbranched alkanes of at least 4 members (excludes halogenated alkanes) is 1. The number of ether oxygens (including phenoxy) is 1. The molecule has 0 aliphatic heterocycles. The highest BCUT2D eigenvalue weighted by Crippen LogP contribution is 2.28. The van der Waals surface area contributed by atoms with Gasteiger partial charge in [-0.3, -0.25) is 9.59 Å². The molecule has 5 nitrogen and oxygen atoms in total. The number of carbonyl (C=O) groups excluding carboxylic acids is 2. The van der Waals surface area contributed by atoms with Crippen LogP contribution in [0.1, 0.15) is 74.6 Å². The third kappa shape index (κ3) is 7.49. The number of aryl methyl sites for hydroxylation is 1. The molecular formula is C28H37ClN2O3. The Morgan fingerprint density at radius 2 is 1.74 bits per heavy atom. The van der Waals surface area contributed by atoms with Gasteiger partial charge in [0.2, 0.25) is 11.8 Å². The van der Waals surface area contributed by atoms with Gasteiger partial charge in [0.05, 0.1) is 6.61 Å². The van der Waals surface area contributed by atoms with E-state index in [1.54, 1.807) is 4.90 Å². The highest BCUT2D eigenvalue weighted by atomic mass is 35.5. The number of rotatable bonds is 11. The lowest BCUT2D eigenvalue weighted by Gasteiger charge is -2.33. The summed E-state index contributed by atoms with van der Waals surface area (Å²) in [4.78, 5) is 28.3. The molecule has 2 amide bonds. The maximum Gasteiger partial charge on any atom is 0.247 e. The van der Waals surface area contributed by atoms with Gasteiger partial charge in [0, 0.05) is 12.6 Å². The highest BCUT2D eigenvalue weighted by molar-refractivity contribution is 6.27. The second-order valence-electron chi connectivity index (χ2n) is 9.16. The van der Waals surface area contributed by atoms with Crippen LogP contribution in [0.2, 0.25) is 0 Å². The van der Waals surface area contributed by atoms with E-state index < -0.39 is 6.04 Å². The predicted octanol–water partition coefficient (Wildman–Crippen LogP) is 5.93. The van der Waals surface area contributed by atoms with Gasteiger partial charge in [0.15, 0.2) is 0 Å². The molecule has 1 aliphatic rings. The van der Waals surface area contributed by atoms with Crippen molar-refractivity contribution in [3.8, 4) is 5.75 Å². The van der Waals surface area contributed by atoms with Crippen LogP contribution in [0, 0.1) is 6.92 Å². The minimum absolute atomic E-state index is 0.146. The summed E-state index contributed by atoms with van der Waals surface area (Å²) in [6.07, 6.45) is 7.45. The smallest absolute Gasteiger partial charge is 0.247 e. The van der Waals surface area contributed by atoms with E-state index in [1.807, 2.05) is 55.5 Å². The van der Waals surface area contributed by atoms with E-state index in [2.05, 4.69) is 12.2 Å². The van der Waals surface area contributed by atoms with E-state index in [4.69, 9.17) is 16.3 Å². The molecule has 3 rings (SSSR count). The van der Waals surface area contributed by atoms with Crippen molar-refractivity contribution in [2.75, 3.05) is 12.5 Å². The molecule has 2 aromatic carbocycles. The average molecular weight is 485 g/mol. The lowest BCUT2D eigenvalue weighted by Crippen LogP contribution is -2.47. The Kier molecular flexibility index (Phi) is 10.3. The summed E-state index contributed by atoms with van der Waals surface area (Å²) in [6, 6.07) is 14.9. The van der Waals surface area contributed by atoms with Crippen LogP contribution in [0.15, 0.2) is 48.5 Å². The van der Waals surface area contributed by atoms with Crippen molar-refractivity contribution in [2.24, 2.45) is 0 Å². The SMILES string of the molecule is CCCCOc1ccc(C(C(=O)NC2CCCCC2)N(Cc2ccc(C)cc2)C(=O)CCl)cc1. The van der Waals surface area contributed by atoms with Crippen molar-refractivity contribution < 1.29 is 14.3 Å². The lowest BCUT2D eigenvalue weighted by molar-refractivity contribution is -0.140. The zero-order valence-electron chi connectivity index (χ0n) is 20.4. The quantitative estimate of drug-likeness (QED) is 0.317. The molecule has 1 aliphatic carbocycles. The van der Waals surface area contributed by atoms with Gasteiger partial charge >= 0.3 is 0 Å². The van der Waals surface area contributed by atoms with Crippen molar-refractivity contribution in [3.63, 3.8) is 0 Å². The summed E-state index contributed by atoms with van der Waals surface area (Å²) in [6.45, 7) is 5.11. The fourth-order valence-electron chi connectivity index (χ4n) is 4.37. The molecule has 1 N–H and O–H groups in total. The number of halogens is 1. The number of amides is 2. The predicted molar refractivity (Wildman–Crippen MR) is 137 cm³/mol. The van der Waals surface area contributed by atoms with Crippen molar-refractivity contribution in [1.82, 2.24) is 10.2 Å². The van der Waals surface area contributed by atoms with Crippen LogP contribution in [-0.2, 0) is 16.1 Å². The first-order valence-corrected chi connectivity index (χ1v) is 13.0. The first-order valence-electron chi connectivity index (χ1n) is 12.5.